The van der Waals surface area contributed by atoms with Crippen LogP contribution in [0.2, 0.25) is 5.02 Å². The van der Waals surface area contributed by atoms with Gasteiger partial charge in [-0.15, -0.1) is 0 Å². The summed E-state index contributed by atoms with van der Waals surface area (Å²) in [7, 11) is 3.22. The molecule has 3 heterocycles. The molecule has 9 heteroatoms. The molecular weight excluding hydrogens is 544 g/mol. The highest BCUT2D eigenvalue weighted by molar-refractivity contribution is 6.43. The smallest absolute Gasteiger partial charge is 0.292 e. The molecule has 41 heavy (non-hydrogen) atoms. The molecule has 0 radical (unpaired) electrons. The normalized spacial score (nSPS) is 19.3. The maximum absolute atomic E-state index is 13.2. The Morgan fingerprint density at radius 1 is 0.829 bits per heavy atom. The van der Waals surface area contributed by atoms with Crippen molar-refractivity contribution in [2.24, 2.45) is 5.41 Å². The molecule has 0 aromatic heterocycles. The number of fused-ring (bicyclic) bond motifs is 3. The van der Waals surface area contributed by atoms with Gasteiger partial charge < -0.3 is 29.2 Å². The molecule has 2 bridgehead atoms. The van der Waals surface area contributed by atoms with Gasteiger partial charge in [0.25, 0.3) is 5.91 Å². The number of ketones is 1. The molecule has 0 saturated carbocycles. The van der Waals surface area contributed by atoms with E-state index in [0.717, 1.165) is 61.5 Å². The number of Topliss-reactive ketones (excluding diaryl/α,β-unsaturated/α-hetero) is 1. The number of hydrogen-bond acceptors (Lipinski definition) is 7. The summed E-state index contributed by atoms with van der Waals surface area (Å²) in [5.41, 5.74) is 2.00. The summed E-state index contributed by atoms with van der Waals surface area (Å²) in [6.45, 7) is 4.06. The summed E-state index contributed by atoms with van der Waals surface area (Å²) in [6.07, 6.45) is 3.12. The number of ether oxygens (including phenoxy) is 4. The lowest BCUT2D eigenvalue weighted by Gasteiger charge is -2.48. The average Bonchev–Trinajstić information content (AvgIpc) is 3.03. The third-order valence-corrected chi connectivity index (χ3v) is 8.35. The molecule has 0 aliphatic carbocycles. The molecule has 0 atom stereocenters. The maximum Gasteiger partial charge on any atom is 0.292 e. The summed E-state index contributed by atoms with van der Waals surface area (Å²) >= 11 is 6.64. The fourth-order valence-electron chi connectivity index (χ4n) is 5.35. The second-order valence-corrected chi connectivity index (χ2v) is 11.1. The Morgan fingerprint density at radius 3 is 1.90 bits per heavy atom. The first-order chi connectivity index (χ1) is 19.9. The van der Waals surface area contributed by atoms with Crippen LogP contribution >= 0.6 is 11.6 Å². The van der Waals surface area contributed by atoms with Gasteiger partial charge >= 0.3 is 0 Å². The number of hydrogen-bond donors (Lipinski definition) is 1. The summed E-state index contributed by atoms with van der Waals surface area (Å²) in [4.78, 5) is 28.6. The van der Waals surface area contributed by atoms with E-state index in [1.54, 1.807) is 14.2 Å². The van der Waals surface area contributed by atoms with Gasteiger partial charge in [0.05, 0.1) is 19.2 Å². The molecule has 3 aliphatic rings. The zero-order valence-corrected chi connectivity index (χ0v) is 24.2. The van der Waals surface area contributed by atoms with Crippen LogP contribution < -0.4 is 24.3 Å². The number of carbonyl (C=O) groups is 2. The molecule has 0 spiro atoms. The number of rotatable bonds is 12. The first-order valence-corrected chi connectivity index (χ1v) is 14.2. The number of halogens is 1. The van der Waals surface area contributed by atoms with Crippen LogP contribution in [-0.2, 0) is 18.0 Å². The SMILES string of the molecule is COc1ccc(COc2cc(C(=O)C(=O)NCC34CCN(CC3)CC4)cc(Cl)c2OCc2ccc(OC)cc2)cc1. The lowest BCUT2D eigenvalue weighted by Crippen LogP contribution is -2.53. The second-order valence-electron chi connectivity index (χ2n) is 10.7. The molecule has 1 amide bonds. The largest absolute Gasteiger partial charge is 0.497 e. The van der Waals surface area contributed by atoms with Crippen LogP contribution in [0.25, 0.3) is 0 Å². The van der Waals surface area contributed by atoms with Crippen LogP contribution in [0.4, 0.5) is 0 Å². The maximum atomic E-state index is 13.2. The molecule has 216 valence electrons. The number of piperidine rings is 3. The molecule has 8 nitrogen and oxygen atoms in total. The van der Waals surface area contributed by atoms with E-state index in [-0.39, 0.29) is 35.0 Å². The number of carbonyl (C=O) groups excluding carboxylic acids is 2. The van der Waals surface area contributed by atoms with Crippen LogP contribution in [0.1, 0.15) is 40.7 Å². The number of amides is 1. The summed E-state index contributed by atoms with van der Waals surface area (Å²) in [5.74, 6) is 0.739. The fraction of sp³-hybridized carbons (Fsp3) is 0.375. The molecule has 3 aromatic rings. The van der Waals surface area contributed by atoms with Gasteiger partial charge in [-0.1, -0.05) is 35.9 Å². The Balaban J connectivity index is 1.32. The predicted octanol–water partition coefficient (Wildman–Crippen LogP) is 5.30. The zero-order chi connectivity index (χ0) is 28.8. The fourth-order valence-corrected chi connectivity index (χ4v) is 5.61. The zero-order valence-electron chi connectivity index (χ0n) is 23.4. The average molecular weight is 579 g/mol. The van der Waals surface area contributed by atoms with E-state index in [1.807, 2.05) is 48.5 Å². The standard InChI is InChI=1S/C32H35ClN2O6/c1-38-25-7-3-22(4-8-25)19-40-28-18-24(17-27(33)30(28)41-20-23-5-9-26(39-2)10-6-23)29(36)31(37)34-21-32-11-14-35(15-12-32)16-13-32/h3-10,17-18H,11-16,19-21H2,1-2H3,(H,34,37). The van der Waals surface area contributed by atoms with E-state index < -0.39 is 11.7 Å². The van der Waals surface area contributed by atoms with Crippen molar-refractivity contribution < 1.29 is 28.5 Å². The minimum atomic E-state index is -0.660. The molecule has 3 aliphatic heterocycles. The predicted molar refractivity (Wildman–Crippen MR) is 156 cm³/mol. The molecular formula is C32H35ClN2O6. The summed E-state index contributed by atoms with van der Waals surface area (Å²) in [6, 6.07) is 17.9. The van der Waals surface area contributed by atoms with E-state index in [2.05, 4.69) is 10.2 Å². The Labute approximate surface area is 245 Å². The number of nitrogens with zero attached hydrogens (tertiary/aromatic N) is 1. The van der Waals surface area contributed by atoms with Gasteiger partial charge in [-0.25, -0.2) is 0 Å². The molecule has 0 unspecified atom stereocenters. The number of benzene rings is 3. The molecule has 3 saturated heterocycles. The van der Waals surface area contributed by atoms with Gasteiger partial charge in [0.15, 0.2) is 11.5 Å². The molecule has 3 fully saturated rings. The second kappa shape index (κ2) is 12.8. The van der Waals surface area contributed by atoms with E-state index in [9.17, 15) is 9.59 Å². The van der Waals surface area contributed by atoms with E-state index in [4.69, 9.17) is 30.5 Å². The Hall–Kier alpha value is -3.75. The third kappa shape index (κ3) is 6.94. The van der Waals surface area contributed by atoms with Gasteiger partial charge in [-0.2, -0.15) is 0 Å². The monoisotopic (exact) mass is 578 g/mol. The van der Waals surface area contributed by atoms with Crippen molar-refractivity contribution in [3.63, 3.8) is 0 Å². The first-order valence-electron chi connectivity index (χ1n) is 13.8. The highest BCUT2D eigenvalue weighted by atomic mass is 35.5. The van der Waals surface area contributed by atoms with Crippen molar-refractivity contribution in [3.05, 3.63) is 82.4 Å². The minimum absolute atomic E-state index is 0.0775. The van der Waals surface area contributed by atoms with Crippen LogP contribution in [0.3, 0.4) is 0 Å². The Bertz CT molecular complexity index is 1350. The van der Waals surface area contributed by atoms with Gasteiger partial charge in [0, 0.05) is 12.1 Å². The van der Waals surface area contributed by atoms with E-state index >= 15 is 0 Å². The van der Waals surface area contributed by atoms with Gasteiger partial charge in [-0.05, 0) is 91.8 Å². The first kappa shape index (κ1) is 28.8. The lowest BCUT2D eigenvalue weighted by atomic mass is 9.72. The topological polar surface area (TPSA) is 86.3 Å². The van der Waals surface area contributed by atoms with Crippen LogP contribution in [-0.4, -0.2) is 57.0 Å². The van der Waals surface area contributed by atoms with Crippen molar-refractivity contribution in [2.75, 3.05) is 40.4 Å². The van der Waals surface area contributed by atoms with Gasteiger partial charge in [-0.3, -0.25) is 9.59 Å². The summed E-state index contributed by atoms with van der Waals surface area (Å²) in [5, 5.41) is 3.08. The van der Waals surface area contributed by atoms with Crippen molar-refractivity contribution in [1.82, 2.24) is 10.2 Å². The number of methoxy groups -OCH3 is 2. The Morgan fingerprint density at radius 2 is 1.37 bits per heavy atom. The highest BCUT2D eigenvalue weighted by Gasteiger charge is 2.39. The molecule has 6 rings (SSSR count). The molecule has 3 aromatic carbocycles. The van der Waals surface area contributed by atoms with Crippen molar-refractivity contribution in [2.45, 2.75) is 32.5 Å². The Kier molecular flexibility index (Phi) is 9.00. The van der Waals surface area contributed by atoms with Crippen molar-refractivity contribution in [3.8, 4) is 23.0 Å². The highest BCUT2D eigenvalue weighted by Crippen LogP contribution is 2.40. The van der Waals surface area contributed by atoms with Gasteiger partial charge in [0.2, 0.25) is 5.78 Å². The van der Waals surface area contributed by atoms with Gasteiger partial charge in [0.1, 0.15) is 24.7 Å². The van der Waals surface area contributed by atoms with Crippen LogP contribution in [0.5, 0.6) is 23.0 Å². The van der Waals surface area contributed by atoms with E-state index in [0.29, 0.717) is 12.3 Å². The third-order valence-electron chi connectivity index (χ3n) is 8.07. The van der Waals surface area contributed by atoms with Crippen molar-refractivity contribution >= 4 is 23.3 Å². The van der Waals surface area contributed by atoms with Crippen LogP contribution in [0.15, 0.2) is 60.7 Å². The summed E-state index contributed by atoms with van der Waals surface area (Å²) < 4.78 is 22.6. The quantitative estimate of drug-likeness (QED) is 0.230. The van der Waals surface area contributed by atoms with Crippen molar-refractivity contribution in [1.29, 1.82) is 0 Å². The number of nitrogens with one attached hydrogen (secondary N) is 1. The minimum Gasteiger partial charge on any atom is -0.497 e. The lowest BCUT2D eigenvalue weighted by molar-refractivity contribution is -0.118. The van der Waals surface area contributed by atoms with E-state index in [1.165, 1.54) is 12.1 Å². The molecule has 1 N–H and O–H groups in total. The van der Waals surface area contributed by atoms with Crippen LogP contribution in [0, 0.1) is 5.41 Å².